The lowest BCUT2D eigenvalue weighted by Crippen LogP contribution is -2.20. The Labute approximate surface area is 111 Å². The van der Waals surface area contributed by atoms with Crippen molar-refractivity contribution in [2.45, 2.75) is 45.1 Å². The number of rotatable bonds is 2. The van der Waals surface area contributed by atoms with E-state index in [1.54, 1.807) is 12.3 Å². The number of H-pyrrole nitrogens is 1. The molecule has 1 aliphatic rings. The molecule has 0 spiro atoms. The molecule has 0 radical (unpaired) electrons. The Hall–Kier alpha value is -1.91. The molecule has 5 heteroatoms. The van der Waals surface area contributed by atoms with Crippen molar-refractivity contribution in [2.24, 2.45) is 0 Å². The minimum atomic E-state index is -0.145. The average molecular weight is 258 g/mol. The van der Waals surface area contributed by atoms with Gasteiger partial charge in [-0.2, -0.15) is 0 Å². The second-order valence-corrected chi connectivity index (χ2v) is 6.15. The Morgan fingerprint density at radius 2 is 2.11 bits per heavy atom. The number of nitrogens with one attached hydrogen (secondary N) is 1. The average Bonchev–Trinajstić information content (AvgIpc) is 3.05. The van der Waals surface area contributed by atoms with Gasteiger partial charge in [-0.15, -0.1) is 0 Å². The number of imidazole rings is 1. The van der Waals surface area contributed by atoms with E-state index in [2.05, 4.69) is 40.3 Å². The fraction of sp³-hybridized carbons (Fsp3) is 0.500. The van der Waals surface area contributed by atoms with Crippen LogP contribution < -0.4 is 5.56 Å². The fourth-order valence-corrected chi connectivity index (χ4v) is 2.09. The van der Waals surface area contributed by atoms with Gasteiger partial charge in [0.1, 0.15) is 5.69 Å². The van der Waals surface area contributed by atoms with Gasteiger partial charge in [-0.05, 0) is 12.8 Å². The standard InChI is InChI=1S/C14H18N4O/c1-14(2,3)11-6-12(19)17-13(16-11)10-7-15-8-18(10)9-4-5-9/h6-9H,4-5H2,1-3H3,(H,16,17,19). The predicted octanol–water partition coefficient (Wildman–Crippen LogP) is 2.27. The molecule has 0 atom stereocenters. The molecule has 0 aromatic carbocycles. The summed E-state index contributed by atoms with van der Waals surface area (Å²) in [5, 5.41) is 0. The molecule has 0 bridgehead atoms. The molecule has 19 heavy (non-hydrogen) atoms. The first-order valence-electron chi connectivity index (χ1n) is 6.59. The molecule has 5 nitrogen and oxygen atoms in total. The third kappa shape index (κ3) is 2.32. The summed E-state index contributed by atoms with van der Waals surface area (Å²) >= 11 is 0. The summed E-state index contributed by atoms with van der Waals surface area (Å²) in [6.07, 6.45) is 5.93. The quantitative estimate of drug-likeness (QED) is 0.898. The summed E-state index contributed by atoms with van der Waals surface area (Å²) in [5.41, 5.74) is 1.44. The summed E-state index contributed by atoms with van der Waals surface area (Å²) in [5.74, 6) is 0.613. The van der Waals surface area contributed by atoms with Crippen molar-refractivity contribution in [2.75, 3.05) is 0 Å². The molecule has 0 amide bonds. The smallest absolute Gasteiger partial charge is 0.251 e. The van der Waals surface area contributed by atoms with E-state index in [9.17, 15) is 4.79 Å². The molecule has 0 aliphatic heterocycles. The second kappa shape index (κ2) is 4.05. The molecule has 1 aliphatic carbocycles. The third-order valence-corrected chi connectivity index (χ3v) is 3.36. The number of hydrogen-bond donors (Lipinski definition) is 1. The maximum absolute atomic E-state index is 11.8. The maximum Gasteiger partial charge on any atom is 0.251 e. The van der Waals surface area contributed by atoms with Gasteiger partial charge in [0.05, 0.1) is 18.2 Å². The number of nitrogens with zero attached hydrogens (tertiary/aromatic N) is 3. The predicted molar refractivity (Wildman–Crippen MR) is 73.0 cm³/mol. The Morgan fingerprint density at radius 1 is 1.37 bits per heavy atom. The normalized spacial score (nSPS) is 15.7. The van der Waals surface area contributed by atoms with Crippen LogP contribution in [0.2, 0.25) is 0 Å². The lowest BCUT2D eigenvalue weighted by molar-refractivity contribution is 0.566. The Kier molecular flexibility index (Phi) is 2.59. The van der Waals surface area contributed by atoms with E-state index in [1.165, 1.54) is 12.8 Å². The SMILES string of the molecule is CC(C)(C)c1cc(=O)[nH]c(-c2cncn2C2CC2)n1. The van der Waals surface area contributed by atoms with Gasteiger partial charge < -0.3 is 9.55 Å². The maximum atomic E-state index is 11.8. The van der Waals surface area contributed by atoms with E-state index in [0.29, 0.717) is 11.9 Å². The van der Waals surface area contributed by atoms with Gasteiger partial charge in [0.25, 0.3) is 5.56 Å². The first-order valence-corrected chi connectivity index (χ1v) is 6.59. The van der Waals surface area contributed by atoms with E-state index >= 15 is 0 Å². The largest absolute Gasteiger partial charge is 0.325 e. The summed E-state index contributed by atoms with van der Waals surface area (Å²) in [7, 11) is 0. The topological polar surface area (TPSA) is 63.6 Å². The van der Waals surface area contributed by atoms with Crippen molar-refractivity contribution < 1.29 is 0 Å². The summed E-state index contributed by atoms with van der Waals surface area (Å²) in [4.78, 5) is 23.4. The van der Waals surface area contributed by atoms with Crippen molar-refractivity contribution in [3.8, 4) is 11.5 Å². The molecule has 0 unspecified atom stereocenters. The highest BCUT2D eigenvalue weighted by Gasteiger charge is 2.27. The van der Waals surface area contributed by atoms with Gasteiger partial charge in [-0.1, -0.05) is 20.8 Å². The van der Waals surface area contributed by atoms with Crippen LogP contribution in [0.4, 0.5) is 0 Å². The molecule has 3 rings (SSSR count). The molecule has 2 aromatic heterocycles. The minimum Gasteiger partial charge on any atom is -0.325 e. The van der Waals surface area contributed by atoms with E-state index in [0.717, 1.165) is 11.4 Å². The number of aromatic nitrogens is 4. The van der Waals surface area contributed by atoms with Crippen molar-refractivity contribution >= 4 is 0 Å². The van der Waals surface area contributed by atoms with Crippen molar-refractivity contribution in [3.63, 3.8) is 0 Å². The van der Waals surface area contributed by atoms with Gasteiger partial charge in [0, 0.05) is 17.5 Å². The first-order chi connectivity index (χ1) is 8.95. The molecule has 1 fully saturated rings. The lowest BCUT2D eigenvalue weighted by Gasteiger charge is -2.18. The summed E-state index contributed by atoms with van der Waals surface area (Å²) in [6, 6.07) is 2.09. The van der Waals surface area contributed by atoms with E-state index in [1.807, 2.05) is 6.33 Å². The molecule has 0 saturated heterocycles. The third-order valence-electron chi connectivity index (χ3n) is 3.36. The summed E-state index contributed by atoms with van der Waals surface area (Å²) in [6.45, 7) is 6.16. The fourth-order valence-electron chi connectivity index (χ4n) is 2.09. The van der Waals surface area contributed by atoms with Crippen LogP contribution in [0, 0.1) is 0 Å². The first kappa shape index (κ1) is 12.1. The molecular formula is C14H18N4O. The van der Waals surface area contributed by atoms with Crippen LogP contribution in [0.15, 0.2) is 23.4 Å². The Bertz CT molecular complexity index is 659. The van der Waals surface area contributed by atoms with Crippen molar-refractivity contribution in [1.29, 1.82) is 0 Å². The zero-order valence-corrected chi connectivity index (χ0v) is 11.5. The van der Waals surface area contributed by atoms with Gasteiger partial charge in [-0.25, -0.2) is 9.97 Å². The zero-order chi connectivity index (χ0) is 13.6. The van der Waals surface area contributed by atoms with Crippen LogP contribution in [0.5, 0.6) is 0 Å². The van der Waals surface area contributed by atoms with Gasteiger partial charge in [0.2, 0.25) is 0 Å². The molecule has 2 aromatic rings. The monoisotopic (exact) mass is 258 g/mol. The van der Waals surface area contributed by atoms with Gasteiger partial charge in [-0.3, -0.25) is 4.79 Å². The Balaban J connectivity index is 2.12. The van der Waals surface area contributed by atoms with Gasteiger partial charge in [0.15, 0.2) is 5.82 Å². The number of hydrogen-bond acceptors (Lipinski definition) is 3. The summed E-state index contributed by atoms with van der Waals surface area (Å²) < 4.78 is 2.10. The lowest BCUT2D eigenvalue weighted by atomic mass is 9.92. The van der Waals surface area contributed by atoms with Crippen LogP contribution >= 0.6 is 0 Å². The highest BCUT2D eigenvalue weighted by molar-refractivity contribution is 5.49. The minimum absolute atomic E-state index is 0.113. The van der Waals surface area contributed by atoms with Crippen LogP contribution in [-0.4, -0.2) is 19.5 Å². The molecule has 1 N–H and O–H groups in total. The zero-order valence-electron chi connectivity index (χ0n) is 11.5. The Morgan fingerprint density at radius 3 is 2.74 bits per heavy atom. The van der Waals surface area contributed by atoms with Crippen LogP contribution in [-0.2, 0) is 5.41 Å². The van der Waals surface area contributed by atoms with Crippen LogP contribution in [0.1, 0.15) is 45.3 Å². The van der Waals surface area contributed by atoms with Crippen molar-refractivity contribution in [3.05, 3.63) is 34.6 Å². The highest BCUT2D eigenvalue weighted by atomic mass is 16.1. The van der Waals surface area contributed by atoms with Crippen LogP contribution in [0.25, 0.3) is 11.5 Å². The van der Waals surface area contributed by atoms with Gasteiger partial charge >= 0.3 is 0 Å². The van der Waals surface area contributed by atoms with Crippen LogP contribution in [0.3, 0.4) is 0 Å². The molecule has 2 heterocycles. The number of aromatic amines is 1. The van der Waals surface area contributed by atoms with E-state index in [4.69, 9.17) is 0 Å². The molecule has 100 valence electrons. The van der Waals surface area contributed by atoms with Crippen molar-refractivity contribution in [1.82, 2.24) is 19.5 Å². The highest BCUT2D eigenvalue weighted by Crippen LogP contribution is 2.37. The second-order valence-electron chi connectivity index (χ2n) is 6.15. The molecule has 1 saturated carbocycles. The molecular weight excluding hydrogens is 240 g/mol. The van der Waals surface area contributed by atoms with E-state index in [-0.39, 0.29) is 11.0 Å². The van der Waals surface area contributed by atoms with E-state index < -0.39 is 0 Å².